The van der Waals surface area contributed by atoms with Crippen molar-refractivity contribution >= 4 is 17.5 Å². The molecule has 1 aliphatic rings. The molecular formula is C12H14ClNO2. The van der Waals surface area contributed by atoms with Crippen LogP contribution in [0.2, 0.25) is 5.02 Å². The number of hydrogen-bond donors (Lipinski definition) is 2. The fourth-order valence-electron chi connectivity index (χ4n) is 1.86. The number of hydrogen-bond acceptors (Lipinski definition) is 2. The topological polar surface area (TPSA) is 49.3 Å². The third-order valence-electron chi connectivity index (χ3n) is 3.06. The first-order chi connectivity index (χ1) is 7.66. The molecule has 3 nitrogen and oxygen atoms in total. The number of carbonyl (C=O) groups is 1. The molecule has 0 atom stereocenters. The first kappa shape index (κ1) is 11.4. The van der Waals surface area contributed by atoms with Gasteiger partial charge in [0.2, 0.25) is 5.91 Å². The Balaban J connectivity index is 2.05. The molecule has 16 heavy (non-hydrogen) atoms. The Morgan fingerprint density at radius 2 is 2.25 bits per heavy atom. The van der Waals surface area contributed by atoms with Gasteiger partial charge in [-0.15, -0.1) is 0 Å². The van der Waals surface area contributed by atoms with Crippen molar-refractivity contribution in [1.29, 1.82) is 0 Å². The van der Waals surface area contributed by atoms with Crippen molar-refractivity contribution in [3.63, 3.8) is 0 Å². The van der Waals surface area contributed by atoms with Crippen molar-refractivity contribution in [1.82, 2.24) is 5.32 Å². The molecule has 1 aromatic carbocycles. The van der Waals surface area contributed by atoms with Gasteiger partial charge in [-0.1, -0.05) is 23.7 Å². The number of rotatable bonds is 4. The first-order valence-corrected chi connectivity index (χ1v) is 5.68. The van der Waals surface area contributed by atoms with Crippen molar-refractivity contribution in [2.75, 3.05) is 13.2 Å². The Morgan fingerprint density at radius 1 is 1.50 bits per heavy atom. The third kappa shape index (κ3) is 2.36. The van der Waals surface area contributed by atoms with Gasteiger partial charge in [-0.3, -0.25) is 4.79 Å². The first-order valence-electron chi connectivity index (χ1n) is 5.30. The van der Waals surface area contributed by atoms with Crippen LogP contribution in [0, 0.1) is 0 Å². The fraction of sp³-hybridized carbons (Fsp3) is 0.417. The lowest BCUT2D eigenvalue weighted by Crippen LogP contribution is -2.33. The van der Waals surface area contributed by atoms with Crippen molar-refractivity contribution in [2.24, 2.45) is 0 Å². The van der Waals surface area contributed by atoms with Gasteiger partial charge >= 0.3 is 0 Å². The summed E-state index contributed by atoms with van der Waals surface area (Å²) in [6.45, 7) is 0.123. The van der Waals surface area contributed by atoms with Crippen LogP contribution in [0.15, 0.2) is 24.3 Å². The number of carbonyl (C=O) groups excluding carboxylic acids is 1. The molecule has 0 saturated heterocycles. The molecule has 0 radical (unpaired) electrons. The maximum Gasteiger partial charge on any atom is 0.245 e. The van der Waals surface area contributed by atoms with Crippen molar-refractivity contribution in [3.8, 4) is 0 Å². The van der Waals surface area contributed by atoms with Crippen LogP contribution in [0.3, 0.4) is 0 Å². The minimum Gasteiger partial charge on any atom is -0.387 e. The van der Waals surface area contributed by atoms with E-state index < -0.39 is 6.61 Å². The van der Waals surface area contributed by atoms with Crippen molar-refractivity contribution in [3.05, 3.63) is 34.9 Å². The third-order valence-corrected chi connectivity index (χ3v) is 3.29. The quantitative estimate of drug-likeness (QED) is 0.836. The number of aliphatic hydroxyl groups excluding tert-OH is 1. The average molecular weight is 240 g/mol. The van der Waals surface area contributed by atoms with Crippen LogP contribution >= 0.6 is 11.6 Å². The highest BCUT2D eigenvalue weighted by atomic mass is 35.5. The summed E-state index contributed by atoms with van der Waals surface area (Å²) in [4.78, 5) is 11.0. The van der Waals surface area contributed by atoms with Crippen LogP contribution in [-0.4, -0.2) is 24.2 Å². The number of benzene rings is 1. The van der Waals surface area contributed by atoms with Gasteiger partial charge in [-0.2, -0.15) is 0 Å². The molecule has 1 fully saturated rings. The maximum atomic E-state index is 11.0. The molecule has 0 bridgehead atoms. The molecule has 2 N–H and O–H groups in total. The van der Waals surface area contributed by atoms with E-state index >= 15 is 0 Å². The zero-order chi connectivity index (χ0) is 11.6. The largest absolute Gasteiger partial charge is 0.387 e. The molecule has 86 valence electrons. The Labute approximate surface area is 99.4 Å². The minimum absolute atomic E-state index is 0.0374. The van der Waals surface area contributed by atoms with Gasteiger partial charge in [-0.05, 0) is 30.5 Å². The maximum absolute atomic E-state index is 11.0. The predicted octanol–water partition coefficient (Wildman–Crippen LogP) is 1.48. The van der Waals surface area contributed by atoms with E-state index in [9.17, 15) is 4.79 Å². The molecule has 0 aromatic heterocycles. The Kier molecular flexibility index (Phi) is 3.17. The Bertz CT molecular complexity index is 402. The zero-order valence-corrected chi connectivity index (χ0v) is 9.63. The molecule has 2 rings (SSSR count). The molecule has 0 unspecified atom stereocenters. The van der Waals surface area contributed by atoms with E-state index in [0.29, 0.717) is 6.54 Å². The normalized spacial score (nSPS) is 16.9. The number of aliphatic hydroxyl groups is 1. The lowest BCUT2D eigenvalue weighted by atomic mass is 9.96. The lowest BCUT2D eigenvalue weighted by Gasteiger charge is -2.16. The zero-order valence-electron chi connectivity index (χ0n) is 8.87. The van der Waals surface area contributed by atoms with Gasteiger partial charge in [0.1, 0.15) is 6.61 Å². The summed E-state index contributed by atoms with van der Waals surface area (Å²) in [5.41, 5.74) is 1.20. The predicted molar refractivity (Wildman–Crippen MR) is 62.5 cm³/mol. The summed E-state index contributed by atoms with van der Waals surface area (Å²) in [6.07, 6.45) is 2.11. The molecule has 0 spiro atoms. The molecule has 0 heterocycles. The summed E-state index contributed by atoms with van der Waals surface area (Å²) in [7, 11) is 0. The number of amides is 1. The summed E-state index contributed by atoms with van der Waals surface area (Å²) in [6, 6.07) is 7.74. The second-order valence-corrected chi connectivity index (χ2v) is 4.66. The van der Waals surface area contributed by atoms with E-state index in [1.54, 1.807) is 0 Å². The van der Waals surface area contributed by atoms with E-state index in [1.165, 1.54) is 5.56 Å². The van der Waals surface area contributed by atoms with Gasteiger partial charge < -0.3 is 10.4 Å². The van der Waals surface area contributed by atoms with Gasteiger partial charge in [-0.25, -0.2) is 0 Å². The standard InChI is InChI=1S/C12H14ClNO2/c13-10-3-1-2-9(6-10)12(4-5-12)8-14-11(16)7-15/h1-3,6,15H,4-5,7-8H2,(H,14,16). The average Bonchev–Trinajstić information content (AvgIpc) is 3.07. The SMILES string of the molecule is O=C(CO)NCC1(c2cccc(Cl)c2)CC1. The van der Waals surface area contributed by atoms with Gasteiger partial charge in [0.25, 0.3) is 0 Å². The van der Waals surface area contributed by atoms with Crippen LogP contribution in [0.25, 0.3) is 0 Å². The highest BCUT2D eigenvalue weighted by Crippen LogP contribution is 2.48. The highest BCUT2D eigenvalue weighted by Gasteiger charge is 2.44. The number of nitrogens with one attached hydrogen (secondary N) is 1. The summed E-state index contributed by atoms with van der Waals surface area (Å²) in [5.74, 6) is -0.326. The number of halogens is 1. The van der Waals surface area contributed by atoms with E-state index in [4.69, 9.17) is 16.7 Å². The molecule has 4 heteroatoms. The van der Waals surface area contributed by atoms with Crippen LogP contribution in [0.1, 0.15) is 18.4 Å². The molecule has 1 amide bonds. The lowest BCUT2D eigenvalue weighted by molar-refractivity contribution is -0.123. The highest BCUT2D eigenvalue weighted by molar-refractivity contribution is 6.30. The van der Waals surface area contributed by atoms with Gasteiger partial charge in [0.05, 0.1) is 0 Å². The van der Waals surface area contributed by atoms with Crippen LogP contribution in [0.4, 0.5) is 0 Å². The Morgan fingerprint density at radius 3 is 2.81 bits per heavy atom. The second-order valence-electron chi connectivity index (χ2n) is 4.23. The van der Waals surface area contributed by atoms with Gasteiger partial charge in [0.15, 0.2) is 0 Å². The van der Waals surface area contributed by atoms with Crippen LogP contribution in [0.5, 0.6) is 0 Å². The molecule has 1 aromatic rings. The fourth-order valence-corrected chi connectivity index (χ4v) is 2.05. The van der Waals surface area contributed by atoms with E-state index in [-0.39, 0.29) is 11.3 Å². The smallest absolute Gasteiger partial charge is 0.245 e. The summed E-state index contributed by atoms with van der Waals surface area (Å²) >= 11 is 5.94. The van der Waals surface area contributed by atoms with Crippen molar-refractivity contribution in [2.45, 2.75) is 18.3 Å². The van der Waals surface area contributed by atoms with Crippen LogP contribution < -0.4 is 5.32 Å². The minimum atomic E-state index is -0.453. The Hall–Kier alpha value is -1.06. The van der Waals surface area contributed by atoms with E-state index in [0.717, 1.165) is 17.9 Å². The van der Waals surface area contributed by atoms with Crippen LogP contribution in [-0.2, 0) is 10.2 Å². The molecular weight excluding hydrogens is 226 g/mol. The molecule has 1 aliphatic carbocycles. The van der Waals surface area contributed by atoms with Gasteiger partial charge in [0, 0.05) is 17.0 Å². The monoisotopic (exact) mass is 239 g/mol. The molecule has 1 saturated carbocycles. The van der Waals surface area contributed by atoms with E-state index in [2.05, 4.69) is 5.32 Å². The molecule has 0 aliphatic heterocycles. The second kappa shape index (κ2) is 4.44. The summed E-state index contributed by atoms with van der Waals surface area (Å²) < 4.78 is 0. The summed E-state index contributed by atoms with van der Waals surface area (Å²) in [5, 5.41) is 12.1. The van der Waals surface area contributed by atoms with Crippen molar-refractivity contribution < 1.29 is 9.90 Å². The van der Waals surface area contributed by atoms with E-state index in [1.807, 2.05) is 24.3 Å².